The van der Waals surface area contributed by atoms with Gasteiger partial charge in [0.15, 0.2) is 0 Å². The largest absolute Gasteiger partial charge is 1.00 e. The van der Waals surface area contributed by atoms with Crippen LogP contribution in [0.25, 0.3) is 5.57 Å². The Kier molecular flexibility index (Phi) is 6.31. The summed E-state index contributed by atoms with van der Waals surface area (Å²) in [6.45, 7) is 1.14. The number of benzene rings is 1. The van der Waals surface area contributed by atoms with Gasteiger partial charge < -0.3 is 28.9 Å². The molecule has 0 unspecified atom stereocenters. The first-order valence-corrected chi connectivity index (χ1v) is 7.79. The van der Waals surface area contributed by atoms with Gasteiger partial charge in [0.25, 0.3) is 6.33 Å². The summed E-state index contributed by atoms with van der Waals surface area (Å²) in [6.07, 6.45) is 6.58. The van der Waals surface area contributed by atoms with Gasteiger partial charge in [0, 0.05) is 13.1 Å². The molecule has 5 nitrogen and oxygen atoms in total. The Balaban J connectivity index is 0.00000225. The van der Waals surface area contributed by atoms with E-state index in [1.165, 1.54) is 12.1 Å². The Morgan fingerprint density at radius 3 is 2.40 bits per heavy atom. The predicted molar refractivity (Wildman–Crippen MR) is 86.1 cm³/mol. The number of hydrogen-bond acceptors (Lipinski definition) is 2. The van der Waals surface area contributed by atoms with Gasteiger partial charge >= 0.3 is 6.03 Å². The number of carbonyl (C=O) groups excluding carboxylic acids is 1. The molecule has 0 atom stereocenters. The molecule has 1 aromatic carbocycles. The predicted octanol–water partition coefficient (Wildman–Crippen LogP) is -0.503. The number of hydrogen-bond donors (Lipinski definition) is 0. The van der Waals surface area contributed by atoms with Crippen LogP contribution < -0.4 is 28.5 Å². The molecule has 0 saturated carbocycles. The zero-order chi connectivity index (χ0) is 17.1. The highest BCUT2D eigenvalue weighted by molar-refractivity contribution is 5.80. The highest BCUT2D eigenvalue weighted by Gasteiger charge is 2.25. The van der Waals surface area contributed by atoms with Gasteiger partial charge in [0.1, 0.15) is 18.2 Å². The molecule has 7 heteroatoms. The lowest BCUT2D eigenvalue weighted by atomic mass is 9.94. The second-order valence-electron chi connectivity index (χ2n) is 5.85. The van der Waals surface area contributed by atoms with Crippen molar-refractivity contribution < 1.29 is 37.7 Å². The summed E-state index contributed by atoms with van der Waals surface area (Å²) in [5.74, 6) is -0.318. The molecule has 0 spiro atoms. The Morgan fingerprint density at radius 2 is 1.88 bits per heavy atom. The third-order valence-electron chi connectivity index (χ3n) is 4.23. The quantitative estimate of drug-likeness (QED) is 0.333. The molecule has 1 fully saturated rings. The average molecular weight is 452 g/mol. The van der Waals surface area contributed by atoms with Gasteiger partial charge in [-0.3, -0.25) is 0 Å². The van der Waals surface area contributed by atoms with E-state index >= 15 is 0 Å². The van der Waals surface area contributed by atoms with Crippen molar-refractivity contribution in [2.45, 2.75) is 12.8 Å². The van der Waals surface area contributed by atoms with Crippen molar-refractivity contribution in [3.05, 3.63) is 59.9 Å². The summed E-state index contributed by atoms with van der Waals surface area (Å²) in [5.41, 5.74) is 2.34. The van der Waals surface area contributed by atoms with E-state index in [1.807, 2.05) is 17.8 Å². The third-order valence-corrected chi connectivity index (χ3v) is 4.23. The number of piperidine rings is 1. The zero-order valence-corrected chi connectivity index (χ0v) is 16.0. The molecule has 2 aromatic rings. The molecule has 130 valence electrons. The van der Waals surface area contributed by atoms with E-state index in [4.69, 9.17) is 0 Å². The molecule has 0 bridgehead atoms. The lowest BCUT2D eigenvalue weighted by molar-refractivity contribution is -0.670. The van der Waals surface area contributed by atoms with Crippen molar-refractivity contribution in [1.82, 2.24) is 9.47 Å². The number of amides is 1. The second kappa shape index (κ2) is 8.25. The highest BCUT2D eigenvalue weighted by Crippen LogP contribution is 2.26. The van der Waals surface area contributed by atoms with Crippen molar-refractivity contribution >= 4 is 11.6 Å². The lowest BCUT2D eigenvalue weighted by Gasteiger charge is -2.27. The summed E-state index contributed by atoms with van der Waals surface area (Å²) in [7, 11) is 1.86. The Morgan fingerprint density at radius 1 is 1.24 bits per heavy atom. The first-order valence-electron chi connectivity index (χ1n) is 7.79. The van der Waals surface area contributed by atoms with Gasteiger partial charge in [-0.25, -0.2) is 13.8 Å². The van der Waals surface area contributed by atoms with E-state index in [0.29, 0.717) is 31.5 Å². The van der Waals surface area contributed by atoms with Crippen molar-refractivity contribution in [1.29, 1.82) is 5.26 Å². The monoisotopic (exact) mass is 452 g/mol. The van der Waals surface area contributed by atoms with Gasteiger partial charge in [-0.1, -0.05) is 12.1 Å². The summed E-state index contributed by atoms with van der Waals surface area (Å²) in [4.78, 5) is 14.2. The summed E-state index contributed by atoms with van der Waals surface area (Å²) >= 11 is 0. The van der Waals surface area contributed by atoms with Gasteiger partial charge in [-0.2, -0.15) is 9.83 Å². The zero-order valence-electron chi connectivity index (χ0n) is 13.8. The van der Waals surface area contributed by atoms with Crippen LogP contribution in [-0.4, -0.2) is 28.6 Å². The fraction of sp³-hybridized carbons (Fsp3) is 0.278. The number of halogens is 2. The maximum Gasteiger partial charge on any atom is 0.415 e. The number of nitriles is 1. The Hall–Kier alpha value is -2.21. The first-order chi connectivity index (χ1) is 11.6. The number of imidazole rings is 1. The van der Waals surface area contributed by atoms with Crippen molar-refractivity contribution in [3.8, 4) is 6.07 Å². The number of nitrogens with zero attached hydrogens (tertiary/aromatic N) is 4. The molecule has 0 radical (unpaired) electrons. The molecule has 0 N–H and O–H groups in total. The molecular weight excluding hydrogens is 434 g/mol. The smallest absolute Gasteiger partial charge is 0.415 e. The topological polar surface area (TPSA) is 52.9 Å². The molecule has 25 heavy (non-hydrogen) atoms. The van der Waals surface area contributed by atoms with E-state index in [9.17, 15) is 14.4 Å². The van der Waals surface area contributed by atoms with E-state index in [-0.39, 0.29) is 35.8 Å². The fourth-order valence-electron chi connectivity index (χ4n) is 2.91. The van der Waals surface area contributed by atoms with Crippen LogP contribution in [0, 0.1) is 17.1 Å². The number of aromatic nitrogens is 2. The molecule has 1 aliphatic heterocycles. The van der Waals surface area contributed by atoms with Crippen LogP contribution in [-0.2, 0) is 7.05 Å². The van der Waals surface area contributed by atoms with Crippen molar-refractivity contribution in [2.24, 2.45) is 7.05 Å². The maximum absolute atomic E-state index is 13.1. The number of allylic oxidation sites excluding steroid dienone is 1. The molecule has 3 rings (SSSR count). The molecular formula is C18H18FIN4O. The molecule has 1 aromatic heterocycles. The average Bonchev–Trinajstić information content (AvgIpc) is 3.04. The van der Waals surface area contributed by atoms with Gasteiger partial charge in [0.05, 0.1) is 18.7 Å². The summed E-state index contributed by atoms with van der Waals surface area (Å²) < 4.78 is 16.4. The van der Waals surface area contributed by atoms with Gasteiger partial charge in [0.2, 0.25) is 0 Å². The van der Waals surface area contributed by atoms with Gasteiger partial charge in [-0.05, 0) is 36.1 Å². The number of likely N-dealkylation sites (tertiary alicyclic amines) is 1. The highest BCUT2D eigenvalue weighted by atomic mass is 127. The minimum absolute atomic E-state index is 0. The Bertz CT molecular complexity index is 826. The molecule has 0 aliphatic carbocycles. The normalized spacial score (nSPS) is 13.8. The van der Waals surface area contributed by atoms with E-state index < -0.39 is 0 Å². The van der Waals surface area contributed by atoms with Crippen LogP contribution >= 0.6 is 0 Å². The van der Waals surface area contributed by atoms with Crippen molar-refractivity contribution in [3.63, 3.8) is 0 Å². The standard InChI is InChI=1S/C18H18FN4O.HI/c1-21-10-11-23(13-21)18(24)22-8-6-15(7-9-22)17(12-20)14-2-4-16(19)5-3-14;/h2-5,10-11,13H,6-9H2,1H3;1H/q+1;/p-1. The van der Waals surface area contributed by atoms with Crippen LogP contribution in [0.2, 0.25) is 0 Å². The minimum Gasteiger partial charge on any atom is -1.00 e. The van der Waals surface area contributed by atoms with Crippen LogP contribution in [0.4, 0.5) is 9.18 Å². The first kappa shape index (κ1) is 19.1. The second-order valence-corrected chi connectivity index (χ2v) is 5.85. The number of carbonyl (C=O) groups is 1. The van der Waals surface area contributed by atoms with E-state index in [0.717, 1.165) is 11.1 Å². The van der Waals surface area contributed by atoms with Crippen molar-refractivity contribution in [2.75, 3.05) is 13.1 Å². The number of aryl methyl sites for hydroxylation is 1. The van der Waals surface area contributed by atoms with Gasteiger partial charge in [-0.15, -0.1) is 0 Å². The molecule has 1 saturated heterocycles. The summed E-state index contributed by atoms with van der Waals surface area (Å²) in [5, 5.41) is 9.47. The van der Waals surface area contributed by atoms with Crippen LogP contribution in [0.15, 0.2) is 48.6 Å². The maximum atomic E-state index is 13.1. The SMILES string of the molecule is C[n+]1ccn(C(=O)N2CCC(=C(C#N)c3ccc(F)cc3)CC2)c1.[I-]. The van der Waals surface area contributed by atoms with Crippen LogP contribution in [0.3, 0.4) is 0 Å². The van der Waals surface area contributed by atoms with Crippen LogP contribution in [0.1, 0.15) is 18.4 Å². The van der Waals surface area contributed by atoms with Crippen LogP contribution in [0.5, 0.6) is 0 Å². The lowest BCUT2D eigenvalue weighted by Crippen LogP contribution is -3.00. The number of rotatable bonds is 1. The van der Waals surface area contributed by atoms with E-state index in [1.54, 1.807) is 34.1 Å². The third kappa shape index (κ3) is 4.25. The minimum atomic E-state index is -0.318. The molecule has 1 aliphatic rings. The fourth-order valence-corrected chi connectivity index (χ4v) is 2.91. The Labute approximate surface area is 163 Å². The summed E-state index contributed by atoms with van der Waals surface area (Å²) in [6, 6.07) is 8.14. The molecule has 1 amide bonds. The van der Waals surface area contributed by atoms with E-state index in [2.05, 4.69) is 6.07 Å². The molecule has 2 heterocycles.